The van der Waals surface area contributed by atoms with Crippen LogP contribution in [0.1, 0.15) is 55.5 Å². The van der Waals surface area contributed by atoms with Crippen molar-refractivity contribution < 1.29 is 28.9 Å². The molecule has 3 aromatic rings. The van der Waals surface area contributed by atoms with Gasteiger partial charge in [-0.05, 0) is 75.3 Å². The molecule has 1 spiro atoms. The highest BCUT2D eigenvalue weighted by molar-refractivity contribution is 5.96. The molecule has 10 heteroatoms. The van der Waals surface area contributed by atoms with Crippen molar-refractivity contribution in [1.29, 1.82) is 0 Å². The van der Waals surface area contributed by atoms with Gasteiger partial charge in [-0.2, -0.15) is 5.10 Å². The summed E-state index contributed by atoms with van der Waals surface area (Å²) < 4.78 is 18.5. The molecule has 2 heterocycles. The fourth-order valence-electron chi connectivity index (χ4n) is 5.47. The second kappa shape index (κ2) is 9.83. The number of ether oxygens (including phenoxy) is 3. The number of fused-ring (bicyclic) bond motifs is 1. The number of primary amides is 1. The van der Waals surface area contributed by atoms with Crippen LogP contribution >= 0.6 is 0 Å². The van der Waals surface area contributed by atoms with E-state index in [1.165, 1.54) is 7.11 Å². The quantitative estimate of drug-likeness (QED) is 0.372. The molecule has 0 atom stereocenters. The molecule has 2 amide bonds. The highest BCUT2D eigenvalue weighted by atomic mass is 16.5. The highest BCUT2D eigenvalue weighted by Gasteiger charge is 2.54. The van der Waals surface area contributed by atoms with Crippen LogP contribution in [0.15, 0.2) is 42.7 Å². The number of hydrogen-bond donors (Lipinski definition) is 3. The van der Waals surface area contributed by atoms with E-state index >= 15 is 0 Å². The molecule has 38 heavy (non-hydrogen) atoms. The zero-order valence-electron chi connectivity index (χ0n) is 21.9. The molecule has 202 valence electrons. The van der Waals surface area contributed by atoms with E-state index in [9.17, 15) is 14.7 Å². The SMILES string of the molecule is COc1ccc(OC2CC3(CC(NC(=O)Cc4cnn5cc(OCC(C)(C)O)ccc45)C3)C2)c(C(N)=O)c1. The van der Waals surface area contributed by atoms with Gasteiger partial charge in [-0.25, -0.2) is 4.52 Å². The Bertz CT molecular complexity index is 1350. The Hall–Kier alpha value is -3.79. The number of benzene rings is 1. The maximum Gasteiger partial charge on any atom is 0.252 e. The van der Waals surface area contributed by atoms with Crippen molar-refractivity contribution in [2.24, 2.45) is 11.1 Å². The Kier molecular flexibility index (Phi) is 6.68. The summed E-state index contributed by atoms with van der Waals surface area (Å²) in [5.74, 6) is 1.05. The minimum Gasteiger partial charge on any atom is -0.497 e. The van der Waals surface area contributed by atoms with Gasteiger partial charge in [0, 0.05) is 11.6 Å². The molecule has 2 fully saturated rings. The van der Waals surface area contributed by atoms with E-state index in [0.717, 1.165) is 36.8 Å². The molecule has 2 aliphatic rings. The molecule has 0 bridgehead atoms. The van der Waals surface area contributed by atoms with Crippen LogP contribution < -0.4 is 25.3 Å². The topological polar surface area (TPSA) is 137 Å². The molecule has 2 aliphatic carbocycles. The summed E-state index contributed by atoms with van der Waals surface area (Å²) >= 11 is 0. The smallest absolute Gasteiger partial charge is 0.252 e. The minimum absolute atomic E-state index is 0.0225. The summed E-state index contributed by atoms with van der Waals surface area (Å²) in [4.78, 5) is 24.5. The Morgan fingerprint density at radius 1 is 1.18 bits per heavy atom. The van der Waals surface area contributed by atoms with Gasteiger partial charge in [0.15, 0.2) is 0 Å². The van der Waals surface area contributed by atoms with Crippen molar-refractivity contribution in [3.05, 3.63) is 53.9 Å². The number of aliphatic hydroxyl groups is 1. The molecule has 2 aromatic heterocycles. The molecule has 0 unspecified atom stereocenters. The number of nitrogens with zero attached hydrogens (tertiary/aromatic N) is 2. The first kappa shape index (κ1) is 25.8. The van der Waals surface area contributed by atoms with E-state index in [1.807, 2.05) is 12.1 Å². The first-order valence-electron chi connectivity index (χ1n) is 12.8. The number of pyridine rings is 1. The Balaban J connectivity index is 1.09. The predicted octanol–water partition coefficient (Wildman–Crippen LogP) is 2.64. The molecular weight excluding hydrogens is 488 g/mol. The largest absolute Gasteiger partial charge is 0.497 e. The third kappa shape index (κ3) is 5.55. The molecule has 10 nitrogen and oxygen atoms in total. The molecule has 0 radical (unpaired) electrons. The zero-order valence-corrected chi connectivity index (χ0v) is 21.9. The standard InChI is InChI=1S/C28H34N4O6/c1-27(2,35)16-37-20-4-6-23-17(14-30-32(23)15-20)8-25(33)31-18-10-28(11-18)12-21(13-28)38-24-7-5-19(36-3)9-22(24)26(29)34/h4-7,9,14-15,18,21,35H,8,10-13,16H2,1-3H3,(H2,29,34)(H,31,33). The lowest BCUT2D eigenvalue weighted by molar-refractivity contribution is -0.126. The van der Waals surface area contributed by atoms with Crippen LogP contribution in [-0.2, 0) is 11.2 Å². The van der Waals surface area contributed by atoms with Crippen LogP contribution in [-0.4, -0.2) is 58.0 Å². The predicted molar refractivity (Wildman–Crippen MR) is 139 cm³/mol. The van der Waals surface area contributed by atoms with Gasteiger partial charge in [-0.1, -0.05) is 0 Å². The number of carbonyl (C=O) groups is 2. The number of amides is 2. The molecule has 5 rings (SSSR count). The van der Waals surface area contributed by atoms with Crippen LogP contribution in [0, 0.1) is 5.41 Å². The van der Waals surface area contributed by atoms with Gasteiger partial charge in [0.2, 0.25) is 5.91 Å². The van der Waals surface area contributed by atoms with Gasteiger partial charge < -0.3 is 30.4 Å². The van der Waals surface area contributed by atoms with Crippen LogP contribution in [0.4, 0.5) is 0 Å². The molecular formula is C28H34N4O6. The maximum atomic E-state index is 12.7. The van der Waals surface area contributed by atoms with Crippen molar-refractivity contribution >= 4 is 17.3 Å². The second-order valence-electron chi connectivity index (χ2n) is 11.2. The Morgan fingerprint density at radius 2 is 1.92 bits per heavy atom. The molecule has 4 N–H and O–H groups in total. The Morgan fingerprint density at radius 3 is 2.61 bits per heavy atom. The van der Waals surface area contributed by atoms with Gasteiger partial charge in [-0.3, -0.25) is 9.59 Å². The van der Waals surface area contributed by atoms with Gasteiger partial charge in [0.05, 0.1) is 48.7 Å². The first-order chi connectivity index (χ1) is 18.0. The van der Waals surface area contributed by atoms with Crippen molar-refractivity contribution in [2.45, 2.75) is 63.7 Å². The monoisotopic (exact) mass is 522 g/mol. The van der Waals surface area contributed by atoms with Gasteiger partial charge >= 0.3 is 0 Å². The number of aromatic nitrogens is 2. The zero-order chi connectivity index (χ0) is 27.1. The van der Waals surface area contributed by atoms with Crippen molar-refractivity contribution in [1.82, 2.24) is 14.9 Å². The third-order valence-electron chi connectivity index (χ3n) is 7.30. The van der Waals surface area contributed by atoms with E-state index in [-0.39, 0.29) is 36.5 Å². The number of rotatable bonds is 10. The summed E-state index contributed by atoms with van der Waals surface area (Å²) in [5.41, 5.74) is 6.76. The fourth-order valence-corrected chi connectivity index (χ4v) is 5.47. The summed E-state index contributed by atoms with van der Waals surface area (Å²) in [7, 11) is 1.53. The molecule has 0 saturated heterocycles. The number of carbonyl (C=O) groups excluding carboxylic acids is 2. The van der Waals surface area contributed by atoms with Crippen LogP contribution in [0.2, 0.25) is 0 Å². The average molecular weight is 523 g/mol. The fraction of sp³-hybridized carbons (Fsp3) is 0.464. The first-order valence-corrected chi connectivity index (χ1v) is 12.8. The maximum absolute atomic E-state index is 12.7. The van der Waals surface area contributed by atoms with Gasteiger partial charge in [0.25, 0.3) is 5.91 Å². The molecule has 0 aliphatic heterocycles. The van der Waals surface area contributed by atoms with Gasteiger partial charge in [0.1, 0.15) is 23.9 Å². The lowest BCUT2D eigenvalue weighted by Crippen LogP contribution is -2.59. The highest BCUT2D eigenvalue weighted by Crippen LogP contribution is 2.57. The van der Waals surface area contributed by atoms with Crippen molar-refractivity contribution in [3.63, 3.8) is 0 Å². The average Bonchev–Trinajstić information content (AvgIpc) is 3.21. The van der Waals surface area contributed by atoms with E-state index in [0.29, 0.717) is 22.8 Å². The van der Waals surface area contributed by atoms with Crippen LogP contribution in [0.25, 0.3) is 5.52 Å². The lowest BCUT2D eigenvalue weighted by atomic mass is 9.53. The molecule has 2 saturated carbocycles. The second-order valence-corrected chi connectivity index (χ2v) is 11.2. The summed E-state index contributed by atoms with van der Waals surface area (Å²) in [6.07, 6.45) is 7.31. The summed E-state index contributed by atoms with van der Waals surface area (Å²) in [6.45, 7) is 3.53. The van der Waals surface area contributed by atoms with Crippen molar-refractivity contribution in [3.8, 4) is 17.2 Å². The summed E-state index contributed by atoms with van der Waals surface area (Å²) in [5, 5.41) is 17.3. The third-order valence-corrected chi connectivity index (χ3v) is 7.30. The minimum atomic E-state index is -0.930. The van der Waals surface area contributed by atoms with E-state index in [4.69, 9.17) is 19.9 Å². The van der Waals surface area contributed by atoms with Gasteiger partial charge in [-0.15, -0.1) is 0 Å². The molecule has 1 aromatic carbocycles. The van der Waals surface area contributed by atoms with Crippen LogP contribution in [0.5, 0.6) is 17.2 Å². The van der Waals surface area contributed by atoms with E-state index in [2.05, 4.69) is 10.4 Å². The lowest BCUT2D eigenvalue weighted by Gasteiger charge is -2.57. The number of nitrogens with two attached hydrogens (primary N) is 1. The van der Waals surface area contributed by atoms with E-state index in [1.54, 1.807) is 49.0 Å². The summed E-state index contributed by atoms with van der Waals surface area (Å²) in [6, 6.07) is 8.89. The number of hydrogen-bond acceptors (Lipinski definition) is 7. The van der Waals surface area contributed by atoms with E-state index < -0.39 is 11.5 Å². The normalized spacial score (nSPS) is 22.4. The Labute approximate surface area is 221 Å². The number of methoxy groups -OCH3 is 1. The number of nitrogens with one attached hydrogen (secondary N) is 1. The van der Waals surface area contributed by atoms with Crippen LogP contribution in [0.3, 0.4) is 0 Å². The van der Waals surface area contributed by atoms with Crippen molar-refractivity contribution in [2.75, 3.05) is 13.7 Å².